The van der Waals surface area contributed by atoms with E-state index in [9.17, 15) is 0 Å². The van der Waals surface area contributed by atoms with Crippen LogP contribution < -0.4 is 0 Å². The van der Waals surface area contributed by atoms with E-state index >= 15 is 0 Å². The van der Waals surface area contributed by atoms with Gasteiger partial charge in [0.05, 0.1) is 17.5 Å². The van der Waals surface area contributed by atoms with Gasteiger partial charge >= 0.3 is 0 Å². The maximum atomic E-state index is 5.13. The molecule has 0 unspecified atom stereocenters. The highest BCUT2D eigenvalue weighted by molar-refractivity contribution is 5.90. The molecule has 0 bridgehead atoms. The molecule has 4 nitrogen and oxygen atoms in total. The number of aryl methyl sites for hydroxylation is 1. The molecule has 0 amide bonds. The molecule has 0 saturated heterocycles. The Balaban J connectivity index is 2.33. The summed E-state index contributed by atoms with van der Waals surface area (Å²) in [4.78, 5) is 8.75. The number of nitrogens with zero attached hydrogens (tertiary/aromatic N) is 3. The lowest BCUT2D eigenvalue weighted by atomic mass is 10.1. The van der Waals surface area contributed by atoms with Crippen LogP contribution >= 0.6 is 0 Å². The van der Waals surface area contributed by atoms with Gasteiger partial charge in [0.2, 0.25) is 0 Å². The van der Waals surface area contributed by atoms with Gasteiger partial charge in [-0.15, -0.1) is 0 Å². The van der Waals surface area contributed by atoms with Crippen LogP contribution in [0, 0.1) is 6.92 Å². The average molecular weight is 199 g/mol. The number of pyridine rings is 1. The molecule has 0 radical (unpaired) electrons. The molecule has 0 aliphatic carbocycles. The lowest BCUT2D eigenvalue weighted by Crippen LogP contribution is -1.92. The lowest BCUT2D eigenvalue weighted by molar-refractivity contribution is 0.386. The Morgan fingerprint density at radius 1 is 1.33 bits per heavy atom. The van der Waals surface area contributed by atoms with Crippen LogP contribution in [0.2, 0.25) is 0 Å². The SMILES string of the molecule is Cc1ccc2c(n1)-c1cnoc1CN=C2. The van der Waals surface area contributed by atoms with Gasteiger partial charge in [-0.1, -0.05) is 5.16 Å². The maximum absolute atomic E-state index is 5.13. The van der Waals surface area contributed by atoms with Crippen molar-refractivity contribution in [2.75, 3.05) is 0 Å². The molecule has 3 rings (SSSR count). The van der Waals surface area contributed by atoms with Gasteiger partial charge in [0.15, 0.2) is 5.76 Å². The predicted molar refractivity (Wildman–Crippen MR) is 55.8 cm³/mol. The molecule has 4 heteroatoms. The summed E-state index contributed by atoms with van der Waals surface area (Å²) in [5.41, 5.74) is 3.86. The highest BCUT2D eigenvalue weighted by atomic mass is 16.5. The third-order valence-electron chi connectivity index (χ3n) is 2.43. The Labute approximate surface area is 86.7 Å². The molecule has 0 saturated carbocycles. The van der Waals surface area contributed by atoms with Crippen LogP contribution in [0.3, 0.4) is 0 Å². The summed E-state index contributed by atoms with van der Waals surface area (Å²) in [6, 6.07) is 3.99. The van der Waals surface area contributed by atoms with Crippen LogP contribution in [-0.2, 0) is 6.54 Å². The average Bonchev–Trinajstić information content (AvgIpc) is 2.62. The van der Waals surface area contributed by atoms with Crippen LogP contribution in [0.25, 0.3) is 11.3 Å². The van der Waals surface area contributed by atoms with Gasteiger partial charge < -0.3 is 4.52 Å². The second-order valence-electron chi connectivity index (χ2n) is 3.52. The number of hydrogen-bond donors (Lipinski definition) is 0. The van der Waals surface area contributed by atoms with E-state index in [0.29, 0.717) is 6.54 Å². The molecule has 3 heterocycles. The third-order valence-corrected chi connectivity index (χ3v) is 2.43. The summed E-state index contributed by atoms with van der Waals surface area (Å²) in [7, 11) is 0. The summed E-state index contributed by atoms with van der Waals surface area (Å²) in [6.07, 6.45) is 3.53. The first kappa shape index (κ1) is 8.35. The molecule has 0 atom stereocenters. The van der Waals surface area contributed by atoms with E-state index in [4.69, 9.17) is 4.52 Å². The Morgan fingerprint density at radius 2 is 2.27 bits per heavy atom. The number of rotatable bonds is 0. The third kappa shape index (κ3) is 1.26. The Morgan fingerprint density at radius 3 is 3.20 bits per heavy atom. The minimum Gasteiger partial charge on any atom is -0.359 e. The zero-order valence-electron chi connectivity index (χ0n) is 8.27. The molecule has 15 heavy (non-hydrogen) atoms. The zero-order valence-corrected chi connectivity index (χ0v) is 8.27. The fourth-order valence-corrected chi connectivity index (χ4v) is 1.69. The van der Waals surface area contributed by atoms with E-state index in [-0.39, 0.29) is 0 Å². The summed E-state index contributed by atoms with van der Waals surface area (Å²) in [5.74, 6) is 0.781. The molecule has 1 aliphatic heterocycles. The van der Waals surface area contributed by atoms with Gasteiger partial charge in [-0.2, -0.15) is 0 Å². The van der Waals surface area contributed by atoms with Gasteiger partial charge in [0, 0.05) is 17.5 Å². The minimum atomic E-state index is 0.532. The van der Waals surface area contributed by atoms with E-state index < -0.39 is 0 Å². The van der Waals surface area contributed by atoms with Crippen LogP contribution in [0.15, 0.2) is 27.8 Å². The molecule has 0 fully saturated rings. The lowest BCUT2D eigenvalue weighted by Gasteiger charge is -2.02. The van der Waals surface area contributed by atoms with Crippen molar-refractivity contribution in [3.05, 3.63) is 35.3 Å². The zero-order chi connectivity index (χ0) is 10.3. The van der Waals surface area contributed by atoms with Crippen molar-refractivity contribution in [3.63, 3.8) is 0 Å². The van der Waals surface area contributed by atoms with E-state index in [1.54, 1.807) is 6.20 Å². The normalized spacial score (nSPS) is 13.1. The summed E-state index contributed by atoms with van der Waals surface area (Å²) < 4.78 is 5.13. The fourth-order valence-electron chi connectivity index (χ4n) is 1.69. The second-order valence-corrected chi connectivity index (χ2v) is 3.52. The van der Waals surface area contributed by atoms with Crippen LogP contribution in [0.1, 0.15) is 17.0 Å². The quantitative estimate of drug-likeness (QED) is 0.651. The molecule has 1 aliphatic rings. The number of fused-ring (bicyclic) bond motifs is 3. The highest BCUT2D eigenvalue weighted by Gasteiger charge is 2.16. The molecular weight excluding hydrogens is 190 g/mol. The van der Waals surface area contributed by atoms with Crippen molar-refractivity contribution in [2.45, 2.75) is 13.5 Å². The molecule has 2 aromatic heterocycles. The Bertz CT molecular complexity index is 543. The van der Waals surface area contributed by atoms with E-state index in [0.717, 1.165) is 28.3 Å². The van der Waals surface area contributed by atoms with E-state index in [1.807, 2.05) is 25.3 Å². The fraction of sp³-hybridized carbons (Fsp3) is 0.182. The first-order chi connectivity index (χ1) is 7.34. The second kappa shape index (κ2) is 3.02. The molecule has 74 valence electrons. The van der Waals surface area contributed by atoms with Crippen molar-refractivity contribution < 1.29 is 4.52 Å². The largest absolute Gasteiger partial charge is 0.359 e. The van der Waals surface area contributed by atoms with Crippen molar-refractivity contribution in [1.82, 2.24) is 10.1 Å². The summed E-state index contributed by atoms with van der Waals surface area (Å²) in [6.45, 7) is 2.50. The minimum absolute atomic E-state index is 0.532. The molecular formula is C11H9N3O. The van der Waals surface area contributed by atoms with Crippen molar-refractivity contribution >= 4 is 6.21 Å². The number of hydrogen-bond acceptors (Lipinski definition) is 4. The van der Waals surface area contributed by atoms with Gasteiger partial charge in [-0.3, -0.25) is 9.98 Å². The van der Waals surface area contributed by atoms with Crippen LogP contribution in [0.4, 0.5) is 0 Å². The van der Waals surface area contributed by atoms with Gasteiger partial charge in [-0.25, -0.2) is 0 Å². The van der Waals surface area contributed by atoms with E-state index in [1.165, 1.54) is 0 Å². The summed E-state index contributed by atoms with van der Waals surface area (Å²) >= 11 is 0. The smallest absolute Gasteiger partial charge is 0.167 e. The van der Waals surface area contributed by atoms with Crippen LogP contribution in [0.5, 0.6) is 0 Å². The number of aliphatic imine (C=N–C) groups is 1. The van der Waals surface area contributed by atoms with Crippen molar-refractivity contribution in [2.24, 2.45) is 4.99 Å². The topological polar surface area (TPSA) is 51.3 Å². The molecule has 0 N–H and O–H groups in total. The van der Waals surface area contributed by atoms with Crippen LogP contribution in [-0.4, -0.2) is 16.4 Å². The van der Waals surface area contributed by atoms with Gasteiger partial charge in [0.25, 0.3) is 0 Å². The molecule has 0 aromatic carbocycles. The maximum Gasteiger partial charge on any atom is 0.167 e. The molecule has 2 aromatic rings. The number of aromatic nitrogens is 2. The molecule has 0 spiro atoms. The first-order valence-electron chi connectivity index (χ1n) is 4.76. The summed E-state index contributed by atoms with van der Waals surface area (Å²) in [5, 5.41) is 3.79. The van der Waals surface area contributed by atoms with Gasteiger partial charge in [0.1, 0.15) is 6.54 Å². The van der Waals surface area contributed by atoms with Crippen molar-refractivity contribution in [1.29, 1.82) is 0 Å². The van der Waals surface area contributed by atoms with Crippen molar-refractivity contribution in [3.8, 4) is 11.3 Å². The standard InChI is InChI=1S/C11H9N3O/c1-7-2-3-8-4-12-6-10-9(5-13-15-10)11(8)14-7/h2-5H,6H2,1H3. The van der Waals surface area contributed by atoms with Gasteiger partial charge in [-0.05, 0) is 19.1 Å². The Kier molecular flexibility index (Phi) is 1.68. The first-order valence-corrected chi connectivity index (χ1v) is 4.76. The monoisotopic (exact) mass is 199 g/mol. The highest BCUT2D eigenvalue weighted by Crippen LogP contribution is 2.27. The van der Waals surface area contributed by atoms with E-state index in [2.05, 4.69) is 15.1 Å². The Hall–Kier alpha value is -1.97. The predicted octanol–water partition coefficient (Wildman–Crippen LogP) is 1.98.